The van der Waals surface area contributed by atoms with Gasteiger partial charge in [0.05, 0.1) is 26.3 Å². The summed E-state index contributed by atoms with van der Waals surface area (Å²) in [4.78, 5) is 13.5. The van der Waals surface area contributed by atoms with Crippen LogP contribution in [0.4, 0.5) is 24.5 Å². The summed E-state index contributed by atoms with van der Waals surface area (Å²) in [5.74, 6) is -3.13. The summed E-state index contributed by atoms with van der Waals surface area (Å²) in [6.45, 7) is 2.95. The average Bonchev–Trinajstić information content (AvgIpc) is 3.31. The number of aryl methyl sites for hydroxylation is 1. The first kappa shape index (κ1) is 30.4. The fourth-order valence-corrected chi connectivity index (χ4v) is 5.95. The Hall–Kier alpha value is -3.61. The molecule has 0 radical (unpaired) electrons. The lowest BCUT2D eigenvalue weighted by Crippen LogP contribution is -2.37. The number of aromatic hydroxyl groups is 1. The van der Waals surface area contributed by atoms with E-state index in [0.717, 1.165) is 16.7 Å². The van der Waals surface area contributed by atoms with Crippen LogP contribution in [0.1, 0.15) is 17.5 Å². The molecule has 0 bridgehead atoms. The van der Waals surface area contributed by atoms with E-state index in [0.29, 0.717) is 52.2 Å². The van der Waals surface area contributed by atoms with E-state index in [4.69, 9.17) is 33.1 Å². The van der Waals surface area contributed by atoms with Gasteiger partial charge in [-0.05, 0) is 55.7 Å². The van der Waals surface area contributed by atoms with Crippen LogP contribution in [0.2, 0.25) is 10.0 Å². The largest absolute Gasteiger partial charge is 0.542 e. The monoisotopic (exact) mass is 627 g/mol. The van der Waals surface area contributed by atoms with E-state index in [-0.39, 0.29) is 16.3 Å². The number of phenols is 1. The van der Waals surface area contributed by atoms with Gasteiger partial charge in [0.25, 0.3) is 5.69 Å². The normalized spacial score (nSPS) is 13.9. The lowest BCUT2D eigenvalue weighted by Gasteiger charge is -2.11. The lowest BCUT2D eigenvalue weighted by atomic mass is 10.1. The van der Waals surface area contributed by atoms with E-state index in [1.807, 2.05) is 13.0 Å². The van der Waals surface area contributed by atoms with E-state index >= 15 is 0 Å². The summed E-state index contributed by atoms with van der Waals surface area (Å²) in [5.41, 5.74) is 3.48. The number of carbonyl (C=O) groups excluding carboxylic acids is 1. The van der Waals surface area contributed by atoms with Crippen LogP contribution in [0, 0.1) is 6.92 Å². The molecule has 41 heavy (non-hydrogen) atoms. The third-order valence-corrected chi connectivity index (χ3v) is 8.67. The van der Waals surface area contributed by atoms with E-state index in [1.54, 1.807) is 48.7 Å². The molecule has 2 aliphatic heterocycles. The molecule has 14 heteroatoms. The number of halogens is 5. The maximum absolute atomic E-state index is 13.5. The zero-order valence-electron chi connectivity index (χ0n) is 21.3. The van der Waals surface area contributed by atoms with Gasteiger partial charge in [-0.15, -0.1) is 0 Å². The van der Waals surface area contributed by atoms with Crippen LogP contribution in [-0.4, -0.2) is 49.0 Å². The number of hydrogen-bond donors (Lipinski definition) is 2. The second-order valence-corrected chi connectivity index (χ2v) is 11.8. The molecule has 0 saturated heterocycles. The molecule has 0 unspecified atom stereocenters. The van der Waals surface area contributed by atoms with Crippen LogP contribution >= 0.6 is 23.2 Å². The Morgan fingerprint density at radius 3 is 2.39 bits per heavy atom. The number of aliphatic carboxylic acids is 1. The Morgan fingerprint density at radius 2 is 1.78 bits per heavy atom. The SMILES string of the molecule is Cc1ccc(S(=O)(=O)[N+]2=CC3=c4c2c(O)c(NCCc2ccc(Cl)c(Cl)c2)cc4=NCC3)cc1.O=C([O-])C(F)(F)F. The van der Waals surface area contributed by atoms with Crippen molar-refractivity contribution in [2.75, 3.05) is 18.4 Å². The standard InChI is InChI=1S/C25H21Cl2N3O3S.C2HF3O2/c1-15-2-5-18(6-3-15)34(32,33)30-14-17-9-11-28-21-13-22(25(31)24(30)23(17)21)29-10-8-16-4-7-19(26)20(27)12-16;3-2(4,5)1(6)7/h2-7,12-14H,8-11H2,1H3,(H,28,29);(H,6,7). The second kappa shape index (κ2) is 11.7. The number of carboxylic acid groups (broad SMARTS) is 1. The third kappa shape index (κ3) is 6.50. The number of hydrogen-bond acceptors (Lipinski definition) is 7. The summed E-state index contributed by atoms with van der Waals surface area (Å²) >= 11 is 12.1. The molecule has 216 valence electrons. The molecule has 8 nitrogen and oxygen atoms in total. The highest BCUT2D eigenvalue weighted by atomic mass is 35.5. The summed E-state index contributed by atoms with van der Waals surface area (Å²) in [6, 6.07) is 13.9. The maximum Gasteiger partial charge on any atom is 0.430 e. The molecule has 0 aromatic heterocycles. The Morgan fingerprint density at radius 1 is 1.12 bits per heavy atom. The number of nitrogens with zero attached hydrogens (tertiary/aromatic N) is 2. The molecule has 2 aliphatic rings. The second-order valence-electron chi connectivity index (χ2n) is 9.13. The van der Waals surface area contributed by atoms with Crippen molar-refractivity contribution in [3.8, 4) is 5.75 Å². The molecule has 2 heterocycles. The van der Waals surface area contributed by atoms with Crippen LogP contribution < -0.4 is 21.0 Å². The zero-order chi connectivity index (χ0) is 30.1. The van der Waals surface area contributed by atoms with E-state index in [1.165, 1.54) is 3.98 Å². The number of benzene rings is 3. The predicted octanol–water partition coefficient (Wildman–Crippen LogP) is 3.25. The first-order chi connectivity index (χ1) is 19.2. The minimum Gasteiger partial charge on any atom is -0.542 e. The van der Waals surface area contributed by atoms with Crippen LogP contribution in [0.15, 0.2) is 58.4 Å². The molecular formula is C27H22Cl2F3N3O5S. The number of alkyl halides is 3. The topological polar surface area (TPSA) is 122 Å². The number of nitrogens with one attached hydrogen (secondary N) is 1. The van der Waals surface area contributed by atoms with Crippen molar-refractivity contribution in [3.05, 3.63) is 80.3 Å². The summed E-state index contributed by atoms with van der Waals surface area (Å²) in [7, 11) is -3.91. The van der Waals surface area contributed by atoms with Crippen molar-refractivity contribution < 1.29 is 40.6 Å². The number of anilines is 1. The summed E-state index contributed by atoms with van der Waals surface area (Å²) < 4.78 is 59.8. The van der Waals surface area contributed by atoms with E-state index in [9.17, 15) is 26.7 Å². The minimum atomic E-state index is -5.19. The quantitative estimate of drug-likeness (QED) is 0.320. The number of phenolic OH excluding ortho intramolecular Hbond substituents is 1. The average molecular weight is 628 g/mol. The Labute approximate surface area is 242 Å². The van der Waals surface area contributed by atoms with Crippen molar-refractivity contribution in [1.29, 1.82) is 0 Å². The Bertz CT molecular complexity index is 1790. The fourth-order valence-electron chi connectivity index (χ4n) is 4.24. The Balaban J connectivity index is 0.000000493. The number of rotatable bonds is 6. The molecule has 3 aromatic rings. The molecule has 0 atom stereocenters. The van der Waals surface area contributed by atoms with Crippen LogP contribution in [-0.2, 0) is 21.2 Å². The molecule has 0 fully saturated rings. The molecule has 0 amide bonds. The van der Waals surface area contributed by atoms with Gasteiger partial charge in [0.1, 0.15) is 10.9 Å². The van der Waals surface area contributed by atoms with Crippen molar-refractivity contribution in [2.24, 2.45) is 4.99 Å². The van der Waals surface area contributed by atoms with Crippen LogP contribution in [0.25, 0.3) is 5.57 Å². The van der Waals surface area contributed by atoms with Gasteiger partial charge in [-0.25, -0.2) is 0 Å². The van der Waals surface area contributed by atoms with Gasteiger partial charge in [-0.1, -0.05) is 50.9 Å². The minimum absolute atomic E-state index is 0.119. The highest BCUT2D eigenvalue weighted by Crippen LogP contribution is 2.35. The molecule has 0 saturated carbocycles. The zero-order valence-corrected chi connectivity index (χ0v) is 23.6. The number of carboxylic acids is 1. The number of sulfonamides is 1. The van der Waals surface area contributed by atoms with E-state index in [2.05, 4.69) is 10.3 Å². The highest BCUT2D eigenvalue weighted by molar-refractivity contribution is 7.85. The van der Waals surface area contributed by atoms with Crippen molar-refractivity contribution >= 4 is 62.4 Å². The fraction of sp³-hybridized carbons (Fsp3) is 0.222. The Kier molecular flexibility index (Phi) is 8.67. The molecule has 0 aliphatic carbocycles. The van der Waals surface area contributed by atoms with Crippen molar-refractivity contribution in [3.63, 3.8) is 0 Å². The van der Waals surface area contributed by atoms with Crippen molar-refractivity contribution in [1.82, 2.24) is 0 Å². The van der Waals surface area contributed by atoms with Gasteiger partial charge >= 0.3 is 16.2 Å². The third-order valence-electron chi connectivity index (χ3n) is 6.25. The smallest absolute Gasteiger partial charge is 0.430 e. The molecule has 2 N–H and O–H groups in total. The van der Waals surface area contributed by atoms with Crippen LogP contribution in [0.3, 0.4) is 0 Å². The molecule has 3 aromatic carbocycles. The van der Waals surface area contributed by atoms with Gasteiger partial charge in [-0.3, -0.25) is 4.99 Å². The lowest BCUT2D eigenvalue weighted by molar-refractivity contribution is -0.344. The maximum atomic E-state index is 13.5. The van der Waals surface area contributed by atoms with E-state index < -0.39 is 22.2 Å². The van der Waals surface area contributed by atoms with Gasteiger partial charge in [0.2, 0.25) is 5.75 Å². The molecule has 0 spiro atoms. The highest BCUT2D eigenvalue weighted by Gasteiger charge is 2.39. The summed E-state index contributed by atoms with van der Waals surface area (Å²) in [5, 5.41) is 25.5. The predicted molar refractivity (Wildman–Crippen MR) is 146 cm³/mol. The van der Waals surface area contributed by atoms with Gasteiger partial charge in [0.15, 0.2) is 6.21 Å². The first-order valence-corrected chi connectivity index (χ1v) is 14.3. The summed E-state index contributed by atoms with van der Waals surface area (Å²) in [6.07, 6.45) is -2.34. The van der Waals surface area contributed by atoms with Gasteiger partial charge in [-0.2, -0.15) is 21.6 Å². The first-order valence-electron chi connectivity index (χ1n) is 12.1. The van der Waals surface area contributed by atoms with Gasteiger partial charge in [0, 0.05) is 18.7 Å². The van der Waals surface area contributed by atoms with Gasteiger partial charge < -0.3 is 20.3 Å². The van der Waals surface area contributed by atoms with Crippen LogP contribution in [0.5, 0.6) is 5.75 Å². The van der Waals surface area contributed by atoms with Crippen molar-refractivity contribution in [2.45, 2.75) is 30.8 Å². The number of carbonyl (C=O) groups is 1. The molecular weight excluding hydrogens is 606 g/mol. The molecule has 5 rings (SSSR count).